The summed E-state index contributed by atoms with van der Waals surface area (Å²) in [7, 11) is 1.08. The van der Waals surface area contributed by atoms with Crippen LogP contribution >= 0.6 is 0 Å². The van der Waals surface area contributed by atoms with Crippen LogP contribution in [-0.4, -0.2) is 61.7 Å². The van der Waals surface area contributed by atoms with Crippen molar-refractivity contribution < 1.29 is 24.0 Å². The van der Waals surface area contributed by atoms with Gasteiger partial charge in [0.2, 0.25) is 0 Å². The molecule has 0 aromatic heterocycles. The fourth-order valence-corrected chi connectivity index (χ4v) is 3.99. The van der Waals surface area contributed by atoms with Crippen LogP contribution in [-0.2, 0) is 20.8 Å². The molecule has 0 saturated carbocycles. The minimum atomic E-state index is -1.02. The number of nitrogens with zero attached hydrogens (tertiary/aromatic N) is 1. The van der Waals surface area contributed by atoms with Crippen LogP contribution in [0.2, 0.25) is 0 Å². The monoisotopic (exact) mass is 402 g/mol. The maximum Gasteiger partial charge on any atom is 0.492 e. The van der Waals surface area contributed by atoms with E-state index in [1.54, 1.807) is 19.1 Å². The third-order valence-electron chi connectivity index (χ3n) is 6.00. The Labute approximate surface area is 172 Å². The topological polar surface area (TPSA) is 88.1 Å². The van der Waals surface area contributed by atoms with Crippen molar-refractivity contribution in [2.75, 3.05) is 26.7 Å². The van der Waals surface area contributed by atoms with Crippen LogP contribution in [0.15, 0.2) is 12.1 Å². The number of fused-ring (bicyclic) bond motifs is 1. The molecule has 1 atom stereocenters. The molecule has 1 saturated heterocycles. The molecule has 8 heteroatoms. The molecule has 1 unspecified atom stereocenters. The Kier molecular flexibility index (Phi) is 6.98. The lowest BCUT2D eigenvalue weighted by atomic mass is 9.75. The van der Waals surface area contributed by atoms with Gasteiger partial charge in [-0.25, -0.2) is 4.79 Å². The number of amides is 1. The van der Waals surface area contributed by atoms with Gasteiger partial charge >= 0.3 is 13.1 Å². The smallest absolute Gasteiger partial charge is 0.464 e. The number of nitrogens with one attached hydrogen (secondary N) is 1. The highest BCUT2D eigenvalue weighted by Crippen LogP contribution is 2.19. The standard InChI is InChI=1S/C21H31BN2O5/c1-13(2)19(21(26)28-11-15-7-9-24(4)10-8-15)23-20(25)17-6-5-16-12-29-22(27)18(16)14(17)3/h5-6,13,15,19,27H,7-12H2,1-4H3,(H,23,25). The summed E-state index contributed by atoms with van der Waals surface area (Å²) in [5, 5.41) is 12.8. The SMILES string of the molecule is Cc1c(C(=O)NC(C(=O)OCC2CCN(C)CC2)C(C)C)ccc2c1B(O)OC2. The van der Waals surface area contributed by atoms with E-state index < -0.39 is 19.1 Å². The molecule has 0 spiro atoms. The summed E-state index contributed by atoms with van der Waals surface area (Å²) in [5.41, 5.74) is 2.63. The first-order chi connectivity index (χ1) is 13.8. The largest absolute Gasteiger partial charge is 0.492 e. The van der Waals surface area contributed by atoms with E-state index in [9.17, 15) is 14.6 Å². The Morgan fingerprint density at radius 2 is 2.03 bits per heavy atom. The number of carbonyl (C=O) groups excluding carboxylic acids is 2. The number of benzene rings is 1. The molecule has 29 heavy (non-hydrogen) atoms. The quantitative estimate of drug-likeness (QED) is 0.542. The van der Waals surface area contributed by atoms with Gasteiger partial charge in [0.05, 0.1) is 13.2 Å². The normalized spacial score (nSPS) is 18.6. The van der Waals surface area contributed by atoms with Crippen LogP contribution in [0, 0.1) is 18.8 Å². The highest BCUT2D eigenvalue weighted by Gasteiger charge is 2.33. The molecular weight excluding hydrogens is 371 g/mol. The van der Waals surface area contributed by atoms with Crippen molar-refractivity contribution in [3.05, 3.63) is 28.8 Å². The molecule has 0 bridgehead atoms. The van der Waals surface area contributed by atoms with Crippen LogP contribution in [0.5, 0.6) is 0 Å². The molecular formula is C21H31BN2O5. The fourth-order valence-electron chi connectivity index (χ4n) is 3.99. The van der Waals surface area contributed by atoms with Gasteiger partial charge in [-0.15, -0.1) is 0 Å². The van der Waals surface area contributed by atoms with E-state index in [2.05, 4.69) is 17.3 Å². The highest BCUT2D eigenvalue weighted by atomic mass is 16.5. The van der Waals surface area contributed by atoms with Gasteiger partial charge in [-0.1, -0.05) is 19.9 Å². The molecule has 1 aromatic rings. The number of carbonyl (C=O) groups is 2. The first-order valence-electron chi connectivity index (χ1n) is 10.4. The molecule has 2 heterocycles. The molecule has 1 aromatic carbocycles. The van der Waals surface area contributed by atoms with Crippen molar-refractivity contribution in [2.24, 2.45) is 11.8 Å². The molecule has 2 aliphatic rings. The number of ether oxygens (including phenoxy) is 1. The Hall–Kier alpha value is -1.90. The molecule has 1 fully saturated rings. The summed E-state index contributed by atoms with van der Waals surface area (Å²) in [6.45, 7) is 8.31. The highest BCUT2D eigenvalue weighted by molar-refractivity contribution is 6.62. The lowest BCUT2D eigenvalue weighted by molar-refractivity contribution is -0.149. The number of hydrogen-bond acceptors (Lipinski definition) is 6. The van der Waals surface area contributed by atoms with E-state index in [1.165, 1.54) is 0 Å². The first kappa shape index (κ1) is 21.8. The van der Waals surface area contributed by atoms with Crippen molar-refractivity contribution in [2.45, 2.75) is 46.3 Å². The van der Waals surface area contributed by atoms with Crippen molar-refractivity contribution in [1.82, 2.24) is 10.2 Å². The van der Waals surface area contributed by atoms with Gasteiger partial charge in [0.1, 0.15) is 6.04 Å². The average Bonchev–Trinajstić information content (AvgIpc) is 3.07. The third-order valence-corrected chi connectivity index (χ3v) is 6.00. The number of hydrogen-bond donors (Lipinski definition) is 2. The van der Waals surface area contributed by atoms with Crippen LogP contribution < -0.4 is 10.8 Å². The van der Waals surface area contributed by atoms with Crippen LogP contribution in [0.3, 0.4) is 0 Å². The molecule has 0 radical (unpaired) electrons. The van der Waals surface area contributed by atoms with Crippen molar-refractivity contribution in [3.8, 4) is 0 Å². The summed E-state index contributed by atoms with van der Waals surface area (Å²) in [6.07, 6.45) is 2.03. The Morgan fingerprint density at radius 3 is 2.69 bits per heavy atom. The van der Waals surface area contributed by atoms with Gasteiger partial charge in [-0.3, -0.25) is 4.79 Å². The zero-order valence-corrected chi connectivity index (χ0v) is 17.7. The van der Waals surface area contributed by atoms with Crippen molar-refractivity contribution in [1.29, 1.82) is 0 Å². The predicted molar refractivity (Wildman–Crippen MR) is 111 cm³/mol. The van der Waals surface area contributed by atoms with Gasteiger partial charge < -0.3 is 24.6 Å². The number of esters is 1. The van der Waals surface area contributed by atoms with Gasteiger partial charge in [0, 0.05) is 5.56 Å². The number of piperidine rings is 1. The molecule has 0 aliphatic carbocycles. The molecule has 2 aliphatic heterocycles. The Bertz CT molecular complexity index is 762. The molecule has 3 rings (SSSR count). The first-order valence-corrected chi connectivity index (χ1v) is 10.4. The van der Waals surface area contributed by atoms with Crippen LogP contribution in [0.25, 0.3) is 0 Å². The lowest BCUT2D eigenvalue weighted by Gasteiger charge is -2.29. The van der Waals surface area contributed by atoms with E-state index >= 15 is 0 Å². The third kappa shape index (κ3) is 5.00. The maximum absolute atomic E-state index is 12.9. The molecule has 1 amide bonds. The second kappa shape index (κ2) is 9.28. The van der Waals surface area contributed by atoms with Crippen LogP contribution in [0.4, 0.5) is 0 Å². The van der Waals surface area contributed by atoms with E-state index in [1.807, 2.05) is 13.8 Å². The lowest BCUT2D eigenvalue weighted by Crippen LogP contribution is -2.46. The van der Waals surface area contributed by atoms with Crippen molar-refractivity contribution >= 4 is 24.5 Å². The number of likely N-dealkylation sites (tertiary alicyclic amines) is 1. The summed E-state index contributed by atoms with van der Waals surface area (Å²) in [4.78, 5) is 27.8. The minimum absolute atomic E-state index is 0.104. The summed E-state index contributed by atoms with van der Waals surface area (Å²) >= 11 is 0. The Morgan fingerprint density at radius 1 is 1.34 bits per heavy atom. The maximum atomic E-state index is 12.9. The summed E-state index contributed by atoms with van der Waals surface area (Å²) in [5.74, 6) is -0.472. The fraction of sp³-hybridized carbons (Fsp3) is 0.619. The van der Waals surface area contributed by atoms with E-state index in [0.29, 0.717) is 35.7 Å². The predicted octanol–water partition coefficient (Wildman–Crippen LogP) is 0.852. The zero-order chi connectivity index (χ0) is 21.1. The molecule has 7 nitrogen and oxygen atoms in total. The Balaban J connectivity index is 1.63. The van der Waals surface area contributed by atoms with Gasteiger partial charge in [0.25, 0.3) is 5.91 Å². The molecule has 2 N–H and O–H groups in total. The average molecular weight is 402 g/mol. The summed E-state index contributed by atoms with van der Waals surface area (Å²) in [6, 6.07) is 2.78. The van der Waals surface area contributed by atoms with Gasteiger partial charge in [-0.05, 0) is 74.4 Å². The second-order valence-corrected chi connectivity index (χ2v) is 8.55. The minimum Gasteiger partial charge on any atom is -0.464 e. The van der Waals surface area contributed by atoms with E-state index in [4.69, 9.17) is 9.39 Å². The second-order valence-electron chi connectivity index (χ2n) is 8.55. The van der Waals surface area contributed by atoms with Gasteiger partial charge in [0.15, 0.2) is 0 Å². The molecule has 158 valence electrons. The van der Waals surface area contributed by atoms with Gasteiger partial charge in [-0.2, -0.15) is 0 Å². The van der Waals surface area contributed by atoms with E-state index in [-0.39, 0.29) is 11.8 Å². The number of rotatable bonds is 6. The van der Waals surface area contributed by atoms with Crippen molar-refractivity contribution in [3.63, 3.8) is 0 Å². The summed E-state index contributed by atoms with van der Waals surface area (Å²) < 4.78 is 10.8. The van der Waals surface area contributed by atoms with Crippen LogP contribution in [0.1, 0.15) is 48.2 Å². The zero-order valence-electron chi connectivity index (χ0n) is 17.7. The van der Waals surface area contributed by atoms with E-state index in [0.717, 1.165) is 31.5 Å².